The summed E-state index contributed by atoms with van der Waals surface area (Å²) in [6, 6.07) is 2.03. The van der Waals surface area contributed by atoms with Crippen molar-refractivity contribution in [3.63, 3.8) is 0 Å². The molecule has 0 bridgehead atoms. The van der Waals surface area contributed by atoms with Crippen LogP contribution in [0.5, 0.6) is 0 Å². The molecule has 0 unspecified atom stereocenters. The smallest absolute Gasteiger partial charge is 0.257 e. The molecular formula is C15H16N4O. The summed E-state index contributed by atoms with van der Waals surface area (Å²) < 4.78 is 0. The minimum Gasteiger partial charge on any atom is -0.345 e. The largest absolute Gasteiger partial charge is 0.345 e. The van der Waals surface area contributed by atoms with Crippen molar-refractivity contribution in [3.05, 3.63) is 41.6 Å². The average molecular weight is 268 g/mol. The van der Waals surface area contributed by atoms with Crippen LogP contribution in [0, 0.1) is 0 Å². The van der Waals surface area contributed by atoms with Gasteiger partial charge in [-0.2, -0.15) is 0 Å². The van der Waals surface area contributed by atoms with Gasteiger partial charge >= 0.3 is 0 Å². The van der Waals surface area contributed by atoms with Crippen LogP contribution in [0.15, 0.2) is 24.8 Å². The highest BCUT2D eigenvalue weighted by Gasteiger charge is 2.27. The van der Waals surface area contributed by atoms with Gasteiger partial charge < -0.3 is 10.3 Å². The molecule has 102 valence electrons. The predicted molar refractivity (Wildman–Crippen MR) is 78.0 cm³/mol. The molecule has 1 aliphatic rings. The van der Waals surface area contributed by atoms with Gasteiger partial charge in [0.15, 0.2) is 0 Å². The van der Waals surface area contributed by atoms with Gasteiger partial charge in [0.1, 0.15) is 5.82 Å². The molecule has 5 heteroatoms. The number of nitrogens with zero attached hydrogens (tertiary/aromatic N) is 2. The Balaban J connectivity index is 2.11. The van der Waals surface area contributed by atoms with Crippen molar-refractivity contribution in [2.24, 2.45) is 0 Å². The Morgan fingerprint density at radius 2 is 2.05 bits per heavy atom. The summed E-state index contributed by atoms with van der Waals surface area (Å²) in [6.07, 6.45) is 6.88. The summed E-state index contributed by atoms with van der Waals surface area (Å²) in [5, 5.41) is 2.79. The first-order valence-electron chi connectivity index (χ1n) is 6.47. The molecule has 0 saturated heterocycles. The van der Waals surface area contributed by atoms with Crippen molar-refractivity contribution < 1.29 is 4.79 Å². The van der Waals surface area contributed by atoms with Crippen LogP contribution in [-0.4, -0.2) is 20.9 Å². The number of hydrogen-bond acceptors (Lipinski definition) is 3. The van der Waals surface area contributed by atoms with E-state index in [1.54, 1.807) is 18.6 Å². The topological polar surface area (TPSA) is 70.7 Å². The van der Waals surface area contributed by atoms with E-state index in [1.165, 1.54) is 0 Å². The predicted octanol–water partition coefficient (Wildman–Crippen LogP) is 2.59. The molecule has 2 aromatic heterocycles. The Morgan fingerprint density at radius 3 is 2.70 bits per heavy atom. The van der Waals surface area contributed by atoms with Crippen LogP contribution in [-0.2, 0) is 10.2 Å². The van der Waals surface area contributed by atoms with Crippen LogP contribution < -0.4 is 5.32 Å². The zero-order valence-electron chi connectivity index (χ0n) is 11.7. The Morgan fingerprint density at radius 1 is 1.25 bits per heavy atom. The van der Waals surface area contributed by atoms with E-state index in [0.29, 0.717) is 11.4 Å². The molecule has 0 spiro atoms. The minimum atomic E-state index is -0.131. The minimum absolute atomic E-state index is 0.00718. The maximum absolute atomic E-state index is 12.1. The van der Waals surface area contributed by atoms with Gasteiger partial charge in [-0.3, -0.25) is 4.79 Å². The molecule has 2 N–H and O–H groups in total. The fourth-order valence-corrected chi connectivity index (χ4v) is 2.12. The third kappa shape index (κ3) is 2.11. The number of carbonyl (C=O) groups excluding carboxylic acids is 1. The van der Waals surface area contributed by atoms with Crippen LogP contribution in [0.1, 0.15) is 37.6 Å². The lowest BCUT2D eigenvalue weighted by Crippen LogP contribution is -2.11. The molecule has 2 aromatic rings. The fraction of sp³-hybridized carbons (Fsp3) is 0.267. The molecule has 5 nitrogen and oxygen atoms in total. The van der Waals surface area contributed by atoms with Gasteiger partial charge in [0.05, 0.1) is 23.8 Å². The summed E-state index contributed by atoms with van der Waals surface area (Å²) in [6.45, 7) is 6.37. The van der Waals surface area contributed by atoms with Crippen molar-refractivity contribution in [1.29, 1.82) is 0 Å². The number of anilines is 1. The van der Waals surface area contributed by atoms with Crippen molar-refractivity contribution >= 4 is 23.4 Å². The highest BCUT2D eigenvalue weighted by Crippen LogP contribution is 2.34. The standard InChI is InChI=1S/C15H16N4O/c1-15(2,3)9-4-11-12(5-10-7-16-8-18-10)14(20)19-13(11)17-6-9/h4-8H,1-3H3,(H,16,18)(H,17,19,20)/b12-5+. The molecule has 0 radical (unpaired) electrons. The van der Waals surface area contributed by atoms with Crippen LogP contribution in [0.25, 0.3) is 11.6 Å². The van der Waals surface area contributed by atoms with E-state index in [1.807, 2.05) is 12.3 Å². The lowest BCUT2D eigenvalue weighted by atomic mass is 9.87. The van der Waals surface area contributed by atoms with Crippen molar-refractivity contribution in [3.8, 4) is 0 Å². The first-order valence-corrected chi connectivity index (χ1v) is 6.47. The number of pyridine rings is 1. The highest BCUT2D eigenvalue weighted by molar-refractivity contribution is 6.34. The molecule has 3 rings (SSSR count). The van der Waals surface area contributed by atoms with E-state index in [4.69, 9.17) is 0 Å². The third-order valence-electron chi connectivity index (χ3n) is 3.34. The zero-order chi connectivity index (χ0) is 14.3. The van der Waals surface area contributed by atoms with E-state index in [-0.39, 0.29) is 11.3 Å². The third-order valence-corrected chi connectivity index (χ3v) is 3.34. The number of imidazole rings is 1. The summed E-state index contributed by atoms with van der Waals surface area (Å²) in [7, 11) is 0. The molecule has 0 fully saturated rings. The van der Waals surface area contributed by atoms with Gasteiger partial charge in [-0.15, -0.1) is 0 Å². The van der Waals surface area contributed by atoms with Crippen LogP contribution >= 0.6 is 0 Å². The first kappa shape index (κ1) is 12.6. The summed E-state index contributed by atoms with van der Waals surface area (Å²) in [5.41, 5.74) is 3.35. The number of rotatable bonds is 1. The van der Waals surface area contributed by atoms with Crippen LogP contribution in [0.4, 0.5) is 5.82 Å². The fourth-order valence-electron chi connectivity index (χ4n) is 2.12. The first-order chi connectivity index (χ1) is 9.45. The van der Waals surface area contributed by atoms with Crippen molar-refractivity contribution in [1.82, 2.24) is 15.0 Å². The van der Waals surface area contributed by atoms with E-state index >= 15 is 0 Å². The SMILES string of the molecule is CC(C)(C)c1cnc2c(c1)/C(=C\c1cnc[nH]1)C(=O)N2. The Kier molecular flexibility index (Phi) is 2.71. The second-order valence-electron chi connectivity index (χ2n) is 5.89. The number of H-pyrrole nitrogens is 1. The normalized spacial score (nSPS) is 16.4. The maximum atomic E-state index is 12.1. The van der Waals surface area contributed by atoms with Gasteiger partial charge in [0.25, 0.3) is 5.91 Å². The van der Waals surface area contributed by atoms with E-state index in [9.17, 15) is 4.79 Å². The van der Waals surface area contributed by atoms with Gasteiger partial charge in [-0.1, -0.05) is 20.8 Å². The molecule has 0 aliphatic carbocycles. The zero-order valence-corrected chi connectivity index (χ0v) is 11.7. The summed E-state index contributed by atoms with van der Waals surface area (Å²) in [5.74, 6) is 0.488. The number of fused-ring (bicyclic) bond motifs is 1. The lowest BCUT2D eigenvalue weighted by Gasteiger charge is -2.19. The monoisotopic (exact) mass is 268 g/mol. The van der Waals surface area contributed by atoms with E-state index < -0.39 is 0 Å². The van der Waals surface area contributed by atoms with Gasteiger partial charge in [-0.05, 0) is 23.1 Å². The van der Waals surface area contributed by atoms with Crippen molar-refractivity contribution in [2.45, 2.75) is 26.2 Å². The number of carbonyl (C=O) groups is 1. The number of nitrogens with one attached hydrogen (secondary N) is 2. The van der Waals surface area contributed by atoms with Crippen molar-refractivity contribution in [2.75, 3.05) is 5.32 Å². The van der Waals surface area contributed by atoms with E-state index in [2.05, 4.69) is 41.0 Å². The maximum Gasteiger partial charge on any atom is 0.257 e. The molecule has 0 aromatic carbocycles. The Hall–Kier alpha value is -2.43. The average Bonchev–Trinajstić information content (AvgIpc) is 2.97. The van der Waals surface area contributed by atoms with Gasteiger partial charge in [0, 0.05) is 11.8 Å². The number of hydrogen-bond donors (Lipinski definition) is 2. The summed E-state index contributed by atoms with van der Waals surface area (Å²) in [4.78, 5) is 23.3. The Labute approximate surface area is 117 Å². The second-order valence-corrected chi connectivity index (χ2v) is 5.89. The molecule has 3 heterocycles. The number of aromatic amines is 1. The Bertz CT molecular complexity index is 693. The molecule has 0 atom stereocenters. The van der Waals surface area contributed by atoms with Crippen LogP contribution in [0.2, 0.25) is 0 Å². The van der Waals surface area contributed by atoms with Gasteiger partial charge in [0.2, 0.25) is 0 Å². The molecule has 0 saturated carbocycles. The molecule has 1 amide bonds. The highest BCUT2D eigenvalue weighted by atomic mass is 16.2. The van der Waals surface area contributed by atoms with E-state index in [0.717, 1.165) is 16.8 Å². The van der Waals surface area contributed by atoms with Gasteiger partial charge in [-0.25, -0.2) is 9.97 Å². The summed E-state index contributed by atoms with van der Waals surface area (Å²) >= 11 is 0. The molecule has 1 aliphatic heterocycles. The number of aromatic nitrogens is 3. The lowest BCUT2D eigenvalue weighted by molar-refractivity contribution is -0.110. The molecule has 20 heavy (non-hydrogen) atoms. The number of amides is 1. The quantitative estimate of drug-likeness (QED) is 0.781. The second kappa shape index (κ2) is 4.30. The van der Waals surface area contributed by atoms with Crippen LogP contribution in [0.3, 0.4) is 0 Å². The molecular weight excluding hydrogens is 252 g/mol.